The topological polar surface area (TPSA) is 116 Å². The average Bonchev–Trinajstić information content (AvgIpc) is 2.93. The minimum atomic E-state index is -0.569. The van der Waals surface area contributed by atoms with Gasteiger partial charge in [-0.3, -0.25) is 9.59 Å². The molecule has 1 unspecified atom stereocenters. The highest BCUT2D eigenvalue weighted by atomic mass is 16.2. The third-order valence-electron chi connectivity index (χ3n) is 6.38. The molecule has 0 radical (unpaired) electrons. The normalized spacial score (nSPS) is 14.2. The largest absolute Gasteiger partial charge is 0.368 e. The molecule has 0 saturated carbocycles. The van der Waals surface area contributed by atoms with Crippen molar-refractivity contribution in [2.45, 2.75) is 39.2 Å². The second-order valence-electron chi connectivity index (χ2n) is 9.26. The van der Waals surface area contributed by atoms with E-state index >= 15 is 0 Å². The maximum Gasteiger partial charge on any atom is 0.240 e. The number of anilines is 4. The fraction of sp³-hybridized carbons (Fsp3) is 0.357. The van der Waals surface area contributed by atoms with Gasteiger partial charge >= 0.3 is 0 Å². The quantitative estimate of drug-likeness (QED) is 0.406. The third-order valence-corrected chi connectivity index (χ3v) is 6.38. The fourth-order valence-electron chi connectivity index (χ4n) is 4.14. The zero-order valence-corrected chi connectivity index (χ0v) is 21.5. The number of carbonyl (C=O) groups excluding carboxylic acids is 2. The Labute approximate surface area is 218 Å². The molecule has 0 bridgehead atoms. The Morgan fingerprint density at radius 3 is 2.30 bits per heavy atom. The standard InChI is InChI=1S/C28H35N7O2/c1-3-4-5-26(36)35-18-16-34(17-19-35)24-12-10-23(11-13-24)32-28-30-15-14-25(33-28)21-6-8-22(9-7-21)31-27(37)20(2)29/h6-15,20H,3-5,16-19,29H2,1-2H3,(H,31,37)(H,30,32,33). The predicted octanol–water partition coefficient (Wildman–Crippen LogP) is 4.01. The van der Waals surface area contributed by atoms with E-state index in [0.29, 0.717) is 18.1 Å². The van der Waals surface area contributed by atoms with E-state index in [1.165, 1.54) is 0 Å². The Morgan fingerprint density at radius 1 is 0.973 bits per heavy atom. The smallest absolute Gasteiger partial charge is 0.240 e. The van der Waals surface area contributed by atoms with Crippen LogP contribution in [-0.2, 0) is 9.59 Å². The van der Waals surface area contributed by atoms with E-state index in [1.807, 2.05) is 47.4 Å². The molecule has 2 aromatic carbocycles. The number of nitrogens with two attached hydrogens (primary N) is 1. The van der Waals surface area contributed by atoms with E-state index in [9.17, 15) is 9.59 Å². The maximum atomic E-state index is 12.3. The van der Waals surface area contributed by atoms with Crippen LogP contribution in [0.1, 0.15) is 33.1 Å². The number of hydrogen-bond acceptors (Lipinski definition) is 7. The molecule has 37 heavy (non-hydrogen) atoms. The zero-order chi connectivity index (χ0) is 26.2. The van der Waals surface area contributed by atoms with Gasteiger partial charge < -0.3 is 26.2 Å². The molecule has 1 aliphatic rings. The van der Waals surface area contributed by atoms with Crippen molar-refractivity contribution in [3.05, 3.63) is 60.8 Å². The maximum absolute atomic E-state index is 12.3. The lowest BCUT2D eigenvalue weighted by atomic mass is 10.1. The molecule has 9 nitrogen and oxygen atoms in total. The summed E-state index contributed by atoms with van der Waals surface area (Å²) in [6.45, 7) is 6.96. The van der Waals surface area contributed by atoms with Crippen molar-refractivity contribution in [1.29, 1.82) is 0 Å². The molecule has 2 amide bonds. The van der Waals surface area contributed by atoms with Gasteiger partial charge in [0.25, 0.3) is 0 Å². The Balaban J connectivity index is 1.34. The number of nitrogens with one attached hydrogen (secondary N) is 2. The van der Waals surface area contributed by atoms with Gasteiger partial charge in [-0.15, -0.1) is 0 Å². The summed E-state index contributed by atoms with van der Waals surface area (Å²) in [6.07, 6.45) is 4.37. The van der Waals surface area contributed by atoms with E-state index in [4.69, 9.17) is 5.73 Å². The van der Waals surface area contributed by atoms with Crippen molar-refractivity contribution in [3.63, 3.8) is 0 Å². The molecule has 0 aliphatic carbocycles. The van der Waals surface area contributed by atoms with Crippen LogP contribution in [0.2, 0.25) is 0 Å². The van der Waals surface area contributed by atoms with Gasteiger partial charge in [0.1, 0.15) is 0 Å². The Morgan fingerprint density at radius 2 is 1.65 bits per heavy atom. The van der Waals surface area contributed by atoms with Crippen LogP contribution in [0.4, 0.5) is 23.0 Å². The summed E-state index contributed by atoms with van der Waals surface area (Å²) in [5.74, 6) is 0.540. The second kappa shape index (κ2) is 12.3. The summed E-state index contributed by atoms with van der Waals surface area (Å²) in [7, 11) is 0. The number of nitrogens with zero attached hydrogens (tertiary/aromatic N) is 4. The minimum Gasteiger partial charge on any atom is -0.368 e. The van der Waals surface area contributed by atoms with E-state index in [-0.39, 0.29) is 11.8 Å². The summed E-state index contributed by atoms with van der Waals surface area (Å²) in [5, 5.41) is 6.05. The Bertz CT molecular complexity index is 1190. The summed E-state index contributed by atoms with van der Waals surface area (Å²) in [4.78, 5) is 37.3. The number of aromatic nitrogens is 2. The van der Waals surface area contributed by atoms with Crippen LogP contribution in [-0.4, -0.2) is 58.9 Å². The highest BCUT2D eigenvalue weighted by Crippen LogP contribution is 2.24. The number of unbranched alkanes of at least 4 members (excludes halogenated alkanes) is 1. The molecule has 3 aromatic rings. The third kappa shape index (κ3) is 7.04. The summed E-state index contributed by atoms with van der Waals surface area (Å²) in [6, 6.07) is 16.9. The van der Waals surface area contributed by atoms with E-state index in [2.05, 4.69) is 44.6 Å². The second-order valence-corrected chi connectivity index (χ2v) is 9.26. The van der Waals surface area contributed by atoms with Crippen LogP contribution in [0.25, 0.3) is 11.3 Å². The van der Waals surface area contributed by atoms with Gasteiger partial charge in [0.2, 0.25) is 17.8 Å². The summed E-state index contributed by atoms with van der Waals surface area (Å²) < 4.78 is 0. The number of piperazine rings is 1. The molecule has 9 heteroatoms. The summed E-state index contributed by atoms with van der Waals surface area (Å²) >= 11 is 0. The van der Waals surface area contributed by atoms with Crippen molar-refractivity contribution in [1.82, 2.24) is 14.9 Å². The van der Waals surface area contributed by atoms with Crippen LogP contribution in [0.15, 0.2) is 60.8 Å². The van der Waals surface area contributed by atoms with Crippen molar-refractivity contribution >= 4 is 34.8 Å². The highest BCUT2D eigenvalue weighted by molar-refractivity contribution is 5.94. The van der Waals surface area contributed by atoms with E-state index in [1.54, 1.807) is 13.1 Å². The minimum absolute atomic E-state index is 0.230. The predicted molar refractivity (Wildman–Crippen MR) is 148 cm³/mol. The first-order chi connectivity index (χ1) is 17.9. The van der Waals surface area contributed by atoms with Gasteiger partial charge in [0.15, 0.2) is 0 Å². The van der Waals surface area contributed by atoms with Gasteiger partial charge in [-0.25, -0.2) is 9.97 Å². The van der Waals surface area contributed by atoms with Crippen LogP contribution >= 0.6 is 0 Å². The van der Waals surface area contributed by atoms with Crippen molar-refractivity contribution in [2.24, 2.45) is 5.73 Å². The van der Waals surface area contributed by atoms with Crippen LogP contribution in [0.5, 0.6) is 0 Å². The SMILES string of the molecule is CCCCC(=O)N1CCN(c2ccc(Nc3nccc(-c4ccc(NC(=O)C(C)N)cc4)n3)cc2)CC1. The zero-order valence-electron chi connectivity index (χ0n) is 21.5. The van der Waals surface area contributed by atoms with Gasteiger partial charge in [0, 0.05) is 61.4 Å². The fourth-order valence-corrected chi connectivity index (χ4v) is 4.14. The first kappa shape index (κ1) is 26.1. The number of rotatable bonds is 9. The van der Waals surface area contributed by atoms with Crippen molar-refractivity contribution in [3.8, 4) is 11.3 Å². The van der Waals surface area contributed by atoms with Crippen LogP contribution < -0.4 is 21.3 Å². The molecule has 2 heterocycles. The van der Waals surface area contributed by atoms with Crippen LogP contribution in [0.3, 0.4) is 0 Å². The van der Waals surface area contributed by atoms with Gasteiger partial charge in [-0.1, -0.05) is 25.5 Å². The molecule has 1 fully saturated rings. The van der Waals surface area contributed by atoms with E-state index in [0.717, 1.165) is 61.7 Å². The summed E-state index contributed by atoms with van der Waals surface area (Å²) in [5.41, 5.74) is 10.00. The molecule has 194 valence electrons. The molecule has 1 aliphatic heterocycles. The van der Waals surface area contributed by atoms with Gasteiger partial charge in [0.05, 0.1) is 11.7 Å². The molecule has 0 spiro atoms. The van der Waals surface area contributed by atoms with E-state index < -0.39 is 6.04 Å². The first-order valence-electron chi connectivity index (χ1n) is 12.8. The number of carbonyl (C=O) groups is 2. The lowest BCUT2D eigenvalue weighted by molar-refractivity contribution is -0.131. The number of benzene rings is 2. The molecular weight excluding hydrogens is 466 g/mol. The Hall–Kier alpha value is -3.98. The monoisotopic (exact) mass is 501 g/mol. The lowest BCUT2D eigenvalue weighted by Crippen LogP contribution is -2.48. The molecule has 1 atom stereocenters. The van der Waals surface area contributed by atoms with Crippen molar-refractivity contribution in [2.75, 3.05) is 41.7 Å². The molecule has 1 aromatic heterocycles. The Kier molecular flexibility index (Phi) is 8.68. The van der Waals surface area contributed by atoms with Gasteiger partial charge in [-0.05, 0) is 55.8 Å². The average molecular weight is 502 g/mol. The molecule has 1 saturated heterocycles. The lowest BCUT2D eigenvalue weighted by Gasteiger charge is -2.36. The molecular formula is C28H35N7O2. The van der Waals surface area contributed by atoms with Gasteiger partial charge in [-0.2, -0.15) is 0 Å². The number of amides is 2. The van der Waals surface area contributed by atoms with Crippen LogP contribution in [0, 0.1) is 0 Å². The number of hydrogen-bond donors (Lipinski definition) is 3. The molecule has 4 N–H and O–H groups in total. The molecule has 4 rings (SSSR count). The van der Waals surface area contributed by atoms with Crippen molar-refractivity contribution < 1.29 is 9.59 Å². The first-order valence-corrected chi connectivity index (χ1v) is 12.8. The highest BCUT2D eigenvalue weighted by Gasteiger charge is 2.20.